The number of para-hydroxylation sites is 1. The Bertz CT molecular complexity index is 625. The van der Waals surface area contributed by atoms with Crippen molar-refractivity contribution in [1.82, 2.24) is 20.3 Å². The van der Waals surface area contributed by atoms with Gasteiger partial charge in [-0.1, -0.05) is 23.4 Å². The van der Waals surface area contributed by atoms with Crippen LogP contribution in [-0.2, 0) is 0 Å². The smallest absolute Gasteiger partial charge is 0.277 e. The summed E-state index contributed by atoms with van der Waals surface area (Å²) in [5.41, 5.74) is 3.26. The minimum Gasteiger partial charge on any atom is -0.320 e. The molecule has 6 heteroatoms. The van der Waals surface area contributed by atoms with Gasteiger partial charge in [0.05, 0.1) is 12.2 Å². The van der Waals surface area contributed by atoms with E-state index < -0.39 is 0 Å². The molecule has 2 aromatic rings. The van der Waals surface area contributed by atoms with Crippen molar-refractivity contribution < 1.29 is 4.79 Å². The van der Waals surface area contributed by atoms with E-state index in [0.717, 1.165) is 29.9 Å². The standard InChI is InChI=1S/C14H17N5O/c1-9-4-3-5-10(2)13(9)16-14(20)12-8-19(18-17-12)11-6-15-7-11/h3-5,8,11,15H,6-7H2,1-2H3,(H,16,20). The Balaban J connectivity index is 1.77. The summed E-state index contributed by atoms with van der Waals surface area (Å²) < 4.78 is 1.75. The molecule has 2 N–H and O–H groups in total. The molecular formula is C14H17N5O. The molecular weight excluding hydrogens is 254 g/mol. The first-order chi connectivity index (χ1) is 9.65. The SMILES string of the molecule is Cc1cccc(C)c1NC(=O)c1cn(C2CNC2)nn1. The van der Waals surface area contributed by atoms with Gasteiger partial charge in [-0.15, -0.1) is 5.10 Å². The Labute approximate surface area is 117 Å². The van der Waals surface area contributed by atoms with Gasteiger partial charge in [-0.25, -0.2) is 4.68 Å². The molecule has 6 nitrogen and oxygen atoms in total. The first-order valence-corrected chi connectivity index (χ1v) is 6.65. The van der Waals surface area contributed by atoms with Crippen LogP contribution in [0, 0.1) is 13.8 Å². The molecule has 1 aliphatic heterocycles. The highest BCUT2D eigenvalue weighted by molar-refractivity contribution is 6.03. The maximum Gasteiger partial charge on any atom is 0.277 e. The van der Waals surface area contributed by atoms with Gasteiger partial charge in [-0.2, -0.15) is 0 Å². The Morgan fingerprint density at radius 1 is 1.35 bits per heavy atom. The predicted octanol–water partition coefficient (Wildman–Crippen LogP) is 1.29. The first kappa shape index (κ1) is 12.8. The molecule has 1 aliphatic rings. The molecule has 0 saturated carbocycles. The molecule has 1 amide bonds. The summed E-state index contributed by atoms with van der Waals surface area (Å²) in [4.78, 5) is 12.2. The molecule has 0 bridgehead atoms. The lowest BCUT2D eigenvalue weighted by molar-refractivity contribution is 0.102. The third-order valence-electron chi connectivity index (χ3n) is 3.60. The van der Waals surface area contributed by atoms with E-state index in [1.165, 1.54) is 0 Å². The topological polar surface area (TPSA) is 71.8 Å². The normalized spacial score (nSPS) is 14.9. The molecule has 104 valence electrons. The number of carbonyl (C=O) groups is 1. The fourth-order valence-corrected chi connectivity index (χ4v) is 2.21. The number of anilines is 1. The zero-order valence-corrected chi connectivity index (χ0v) is 11.6. The number of carbonyl (C=O) groups excluding carboxylic acids is 1. The molecule has 1 aromatic carbocycles. The Morgan fingerprint density at radius 3 is 2.65 bits per heavy atom. The zero-order chi connectivity index (χ0) is 14.1. The Hall–Kier alpha value is -2.21. The second-order valence-corrected chi connectivity index (χ2v) is 5.12. The second-order valence-electron chi connectivity index (χ2n) is 5.12. The summed E-state index contributed by atoms with van der Waals surface area (Å²) in [7, 11) is 0. The van der Waals surface area contributed by atoms with E-state index in [0.29, 0.717) is 11.7 Å². The zero-order valence-electron chi connectivity index (χ0n) is 11.6. The summed E-state index contributed by atoms with van der Waals surface area (Å²) in [6, 6.07) is 6.23. The van der Waals surface area contributed by atoms with Gasteiger partial charge in [-0.3, -0.25) is 4.79 Å². The average Bonchev–Trinajstić information content (AvgIpc) is 2.81. The summed E-state index contributed by atoms with van der Waals surface area (Å²) in [5.74, 6) is -0.221. The van der Waals surface area contributed by atoms with Gasteiger partial charge < -0.3 is 10.6 Å². The van der Waals surface area contributed by atoms with E-state index in [2.05, 4.69) is 20.9 Å². The van der Waals surface area contributed by atoms with Gasteiger partial charge in [0.25, 0.3) is 5.91 Å². The predicted molar refractivity (Wildman–Crippen MR) is 75.8 cm³/mol. The molecule has 0 atom stereocenters. The number of benzene rings is 1. The first-order valence-electron chi connectivity index (χ1n) is 6.65. The molecule has 1 aromatic heterocycles. The summed E-state index contributed by atoms with van der Waals surface area (Å²) in [6.07, 6.45) is 1.70. The quantitative estimate of drug-likeness (QED) is 0.882. The number of hydrogen-bond donors (Lipinski definition) is 2. The number of hydrogen-bond acceptors (Lipinski definition) is 4. The molecule has 0 unspecified atom stereocenters. The second kappa shape index (κ2) is 5.05. The van der Waals surface area contributed by atoms with Crippen LogP contribution in [0.3, 0.4) is 0 Å². The lowest BCUT2D eigenvalue weighted by Crippen LogP contribution is -2.43. The number of nitrogens with zero attached hydrogens (tertiary/aromatic N) is 3. The molecule has 0 aliphatic carbocycles. The van der Waals surface area contributed by atoms with Crippen LogP contribution in [0.5, 0.6) is 0 Å². The van der Waals surface area contributed by atoms with E-state index in [1.54, 1.807) is 10.9 Å². The number of aryl methyl sites for hydroxylation is 2. The molecule has 3 rings (SSSR count). The van der Waals surface area contributed by atoms with Crippen LogP contribution in [0.1, 0.15) is 27.7 Å². The third kappa shape index (κ3) is 2.30. The minimum absolute atomic E-state index is 0.221. The van der Waals surface area contributed by atoms with Crippen molar-refractivity contribution in [2.45, 2.75) is 19.9 Å². The fourth-order valence-electron chi connectivity index (χ4n) is 2.21. The number of aromatic nitrogens is 3. The van der Waals surface area contributed by atoms with Crippen LogP contribution in [0.4, 0.5) is 5.69 Å². The van der Waals surface area contributed by atoms with Crippen LogP contribution in [0.15, 0.2) is 24.4 Å². The summed E-state index contributed by atoms with van der Waals surface area (Å²) in [5, 5.41) is 14.0. The largest absolute Gasteiger partial charge is 0.320 e. The third-order valence-corrected chi connectivity index (χ3v) is 3.60. The minimum atomic E-state index is -0.221. The number of nitrogens with one attached hydrogen (secondary N) is 2. The molecule has 20 heavy (non-hydrogen) atoms. The monoisotopic (exact) mass is 271 g/mol. The average molecular weight is 271 g/mol. The molecule has 1 saturated heterocycles. The number of amides is 1. The highest BCUT2D eigenvalue weighted by atomic mass is 16.2. The van der Waals surface area contributed by atoms with E-state index >= 15 is 0 Å². The number of rotatable bonds is 3. The van der Waals surface area contributed by atoms with Gasteiger partial charge in [0.1, 0.15) is 0 Å². The van der Waals surface area contributed by atoms with Crippen molar-refractivity contribution in [3.8, 4) is 0 Å². The van der Waals surface area contributed by atoms with Crippen molar-refractivity contribution >= 4 is 11.6 Å². The van der Waals surface area contributed by atoms with E-state index in [-0.39, 0.29) is 5.91 Å². The van der Waals surface area contributed by atoms with Crippen LogP contribution < -0.4 is 10.6 Å². The molecule has 0 radical (unpaired) electrons. The highest BCUT2D eigenvalue weighted by Crippen LogP contribution is 2.20. The van der Waals surface area contributed by atoms with E-state index in [9.17, 15) is 4.79 Å². The summed E-state index contributed by atoms with van der Waals surface area (Å²) in [6.45, 7) is 5.70. The molecule has 2 heterocycles. The van der Waals surface area contributed by atoms with Gasteiger partial charge >= 0.3 is 0 Å². The lowest BCUT2D eigenvalue weighted by Gasteiger charge is -2.26. The van der Waals surface area contributed by atoms with Crippen molar-refractivity contribution in [2.24, 2.45) is 0 Å². The Kier molecular flexibility index (Phi) is 3.23. The van der Waals surface area contributed by atoms with Gasteiger partial charge in [-0.05, 0) is 25.0 Å². The summed E-state index contributed by atoms with van der Waals surface area (Å²) >= 11 is 0. The molecule has 0 spiro atoms. The van der Waals surface area contributed by atoms with Gasteiger partial charge in [0.15, 0.2) is 5.69 Å². The van der Waals surface area contributed by atoms with E-state index in [4.69, 9.17) is 0 Å². The lowest BCUT2D eigenvalue weighted by atomic mass is 10.1. The van der Waals surface area contributed by atoms with E-state index in [1.807, 2.05) is 32.0 Å². The van der Waals surface area contributed by atoms with Crippen LogP contribution >= 0.6 is 0 Å². The van der Waals surface area contributed by atoms with Crippen molar-refractivity contribution in [1.29, 1.82) is 0 Å². The molecule has 1 fully saturated rings. The maximum atomic E-state index is 12.2. The van der Waals surface area contributed by atoms with Gasteiger partial charge in [0.2, 0.25) is 0 Å². The van der Waals surface area contributed by atoms with Gasteiger partial charge in [0, 0.05) is 18.8 Å². The van der Waals surface area contributed by atoms with Crippen LogP contribution in [0.2, 0.25) is 0 Å². The van der Waals surface area contributed by atoms with Crippen LogP contribution in [-0.4, -0.2) is 34.0 Å². The van der Waals surface area contributed by atoms with Crippen molar-refractivity contribution in [3.05, 3.63) is 41.2 Å². The van der Waals surface area contributed by atoms with Crippen molar-refractivity contribution in [3.63, 3.8) is 0 Å². The van der Waals surface area contributed by atoms with Crippen LogP contribution in [0.25, 0.3) is 0 Å². The highest BCUT2D eigenvalue weighted by Gasteiger charge is 2.22. The maximum absolute atomic E-state index is 12.2. The van der Waals surface area contributed by atoms with Crippen molar-refractivity contribution in [2.75, 3.05) is 18.4 Å². The fraction of sp³-hybridized carbons (Fsp3) is 0.357. The Morgan fingerprint density at radius 2 is 2.05 bits per heavy atom.